The minimum absolute atomic E-state index is 0.289. The monoisotopic (exact) mass is 706 g/mol. The zero-order valence-electron chi connectivity index (χ0n) is 28.2. The van der Waals surface area contributed by atoms with E-state index in [0.29, 0.717) is 0 Å². The second kappa shape index (κ2) is 15.1. The highest BCUT2D eigenvalue weighted by molar-refractivity contribution is 7.99. The third kappa shape index (κ3) is 7.00. The molecule has 8 rings (SSSR count). The molecule has 250 valence electrons. The third-order valence-electron chi connectivity index (χ3n) is 9.09. The van der Waals surface area contributed by atoms with Crippen LogP contribution in [0.15, 0.2) is 214 Å². The van der Waals surface area contributed by atoms with Crippen LogP contribution in [-0.4, -0.2) is 10.2 Å². The molecule has 0 heterocycles. The van der Waals surface area contributed by atoms with Crippen LogP contribution in [0, 0.1) is 0 Å². The van der Waals surface area contributed by atoms with Gasteiger partial charge in [0.15, 0.2) is 0 Å². The molecule has 0 saturated heterocycles. The van der Waals surface area contributed by atoms with Gasteiger partial charge in [-0.15, -0.1) is 0 Å². The van der Waals surface area contributed by atoms with E-state index in [0.717, 1.165) is 75.2 Å². The molecule has 2 N–H and O–H groups in total. The second-order valence-corrected chi connectivity index (χ2v) is 14.6. The van der Waals surface area contributed by atoms with Gasteiger partial charge in [0, 0.05) is 41.8 Å². The summed E-state index contributed by atoms with van der Waals surface area (Å²) in [5.41, 5.74) is 9.55. The maximum absolute atomic E-state index is 11.4. The summed E-state index contributed by atoms with van der Waals surface area (Å²) in [6.45, 7) is 0. The van der Waals surface area contributed by atoms with E-state index >= 15 is 0 Å². The lowest BCUT2D eigenvalue weighted by Gasteiger charge is -2.14. The molecule has 2 nitrogen and oxygen atoms in total. The van der Waals surface area contributed by atoms with Crippen molar-refractivity contribution in [3.63, 3.8) is 0 Å². The Hall–Kier alpha value is -5.94. The van der Waals surface area contributed by atoms with Crippen LogP contribution in [0.4, 0.5) is 0 Å². The molecule has 0 aliphatic heterocycles. The fraction of sp³-hybridized carbons (Fsp3) is 0. The molecule has 0 saturated carbocycles. The Morgan fingerprint density at radius 2 is 0.577 bits per heavy atom. The second-order valence-electron chi connectivity index (χ2n) is 12.4. The molecule has 0 aliphatic carbocycles. The van der Waals surface area contributed by atoms with Crippen LogP contribution in [0.2, 0.25) is 0 Å². The Labute approximate surface area is 313 Å². The van der Waals surface area contributed by atoms with E-state index in [1.807, 2.05) is 121 Å². The average molecular weight is 707 g/mol. The van der Waals surface area contributed by atoms with Gasteiger partial charge in [-0.3, -0.25) is 0 Å². The van der Waals surface area contributed by atoms with Crippen molar-refractivity contribution < 1.29 is 10.2 Å². The van der Waals surface area contributed by atoms with Crippen LogP contribution in [0.25, 0.3) is 55.6 Å². The molecule has 8 aromatic rings. The minimum Gasteiger partial charge on any atom is -0.507 e. The molecule has 52 heavy (non-hydrogen) atoms. The Kier molecular flexibility index (Phi) is 9.66. The summed E-state index contributed by atoms with van der Waals surface area (Å²) in [5, 5.41) is 22.7. The highest BCUT2D eigenvalue weighted by Crippen LogP contribution is 2.45. The summed E-state index contributed by atoms with van der Waals surface area (Å²) >= 11 is 3.39. The number of phenolic OH excluding ortho intramolecular Hbond substituents is 2. The van der Waals surface area contributed by atoms with Crippen LogP contribution < -0.4 is 0 Å². The van der Waals surface area contributed by atoms with Gasteiger partial charge < -0.3 is 10.2 Å². The summed E-state index contributed by atoms with van der Waals surface area (Å²) in [6.07, 6.45) is 0. The topological polar surface area (TPSA) is 40.5 Å². The maximum atomic E-state index is 11.4. The largest absolute Gasteiger partial charge is 0.507 e. The predicted octanol–water partition coefficient (Wildman–Crippen LogP) is 13.7. The fourth-order valence-electron chi connectivity index (χ4n) is 6.46. The third-order valence-corrected chi connectivity index (χ3v) is 11.3. The van der Waals surface area contributed by atoms with Crippen LogP contribution in [0.1, 0.15) is 0 Å². The highest BCUT2D eigenvalue weighted by atomic mass is 32.2. The van der Waals surface area contributed by atoms with Crippen molar-refractivity contribution in [1.29, 1.82) is 0 Å². The van der Waals surface area contributed by atoms with E-state index in [1.165, 1.54) is 0 Å². The number of hydrogen-bond donors (Lipinski definition) is 2. The maximum Gasteiger partial charge on any atom is 0.131 e. The van der Waals surface area contributed by atoms with Crippen molar-refractivity contribution in [2.75, 3.05) is 0 Å². The molecule has 0 radical (unpaired) electrons. The molecule has 0 bridgehead atoms. The first-order valence-electron chi connectivity index (χ1n) is 17.1. The molecule has 0 spiro atoms. The molecule has 0 atom stereocenters. The SMILES string of the molecule is Oc1c(-c2ccccc2)cccc1-c1ccccc1Sc1ccc(-c2ccc(Sc3ccccc3-c3cccc(-c4ccccc4)c3O)cc2)cc1. The molecule has 0 fully saturated rings. The zero-order chi connectivity index (χ0) is 35.3. The van der Waals surface area contributed by atoms with Gasteiger partial charge in [-0.05, 0) is 69.8 Å². The Balaban J connectivity index is 0.995. The lowest BCUT2D eigenvalue weighted by molar-refractivity contribution is 0.478. The molecule has 4 heteroatoms. The van der Waals surface area contributed by atoms with E-state index < -0.39 is 0 Å². The van der Waals surface area contributed by atoms with E-state index in [4.69, 9.17) is 0 Å². The number of aromatic hydroxyl groups is 2. The number of rotatable bonds is 9. The van der Waals surface area contributed by atoms with E-state index in [1.54, 1.807) is 23.5 Å². The number of benzene rings is 8. The smallest absolute Gasteiger partial charge is 0.131 e. The quantitative estimate of drug-likeness (QED) is 0.157. The van der Waals surface area contributed by atoms with Crippen LogP contribution in [-0.2, 0) is 0 Å². The molecule has 0 aliphatic rings. The van der Waals surface area contributed by atoms with Crippen molar-refractivity contribution in [1.82, 2.24) is 0 Å². The Morgan fingerprint density at radius 1 is 0.250 bits per heavy atom. The summed E-state index contributed by atoms with van der Waals surface area (Å²) in [5.74, 6) is 0.579. The summed E-state index contributed by atoms with van der Waals surface area (Å²) in [7, 11) is 0. The lowest BCUT2D eigenvalue weighted by atomic mass is 9.97. The Bertz CT molecular complexity index is 2280. The van der Waals surface area contributed by atoms with Gasteiger partial charge in [-0.25, -0.2) is 0 Å². The van der Waals surface area contributed by atoms with Gasteiger partial charge in [0.05, 0.1) is 0 Å². The predicted molar refractivity (Wildman–Crippen MR) is 218 cm³/mol. The lowest BCUT2D eigenvalue weighted by Crippen LogP contribution is -1.87. The van der Waals surface area contributed by atoms with Gasteiger partial charge in [0.2, 0.25) is 0 Å². The van der Waals surface area contributed by atoms with Gasteiger partial charge in [-0.1, -0.05) is 181 Å². The molecule has 0 unspecified atom stereocenters. The normalized spacial score (nSPS) is 11.0. The standard InChI is InChI=1S/C48H34O2S2/c49-47-39(35-13-3-1-4-14-35)19-11-21-43(47)41-17-7-9-23-45(41)51-37-29-25-33(26-30-37)34-27-31-38(32-28-34)52-46-24-10-8-18-42(46)44-22-12-20-40(48(44)50)36-15-5-2-6-16-36/h1-32,49-50H. The zero-order valence-corrected chi connectivity index (χ0v) is 29.8. The van der Waals surface area contributed by atoms with Crippen molar-refractivity contribution in [2.24, 2.45) is 0 Å². The van der Waals surface area contributed by atoms with Crippen LogP contribution >= 0.6 is 23.5 Å². The van der Waals surface area contributed by atoms with Crippen LogP contribution in [0.5, 0.6) is 11.5 Å². The number of hydrogen-bond acceptors (Lipinski definition) is 4. The van der Waals surface area contributed by atoms with Gasteiger partial charge in [-0.2, -0.15) is 0 Å². The molecular weight excluding hydrogens is 673 g/mol. The first kappa shape index (κ1) is 33.2. The van der Waals surface area contributed by atoms with E-state index in [2.05, 4.69) is 72.8 Å². The molecule has 0 amide bonds. The molecular formula is C48H34O2S2. The summed E-state index contributed by atoms with van der Waals surface area (Å²) in [6, 6.07) is 65.7. The van der Waals surface area contributed by atoms with Crippen LogP contribution in [0.3, 0.4) is 0 Å². The van der Waals surface area contributed by atoms with Crippen molar-refractivity contribution >= 4 is 23.5 Å². The van der Waals surface area contributed by atoms with Crippen molar-refractivity contribution in [3.05, 3.63) is 194 Å². The summed E-state index contributed by atoms with van der Waals surface area (Å²) in [4.78, 5) is 4.41. The minimum atomic E-state index is 0.289. The number of para-hydroxylation sites is 2. The highest BCUT2D eigenvalue weighted by Gasteiger charge is 2.16. The van der Waals surface area contributed by atoms with E-state index in [9.17, 15) is 10.2 Å². The molecule has 8 aromatic carbocycles. The average Bonchev–Trinajstić information content (AvgIpc) is 3.20. The first-order valence-corrected chi connectivity index (χ1v) is 18.8. The fourth-order valence-corrected chi connectivity index (χ4v) is 8.39. The van der Waals surface area contributed by atoms with Gasteiger partial charge in [0.25, 0.3) is 0 Å². The molecule has 0 aromatic heterocycles. The first-order chi connectivity index (χ1) is 25.6. The van der Waals surface area contributed by atoms with Crippen molar-refractivity contribution in [2.45, 2.75) is 19.6 Å². The Morgan fingerprint density at radius 3 is 0.981 bits per heavy atom. The van der Waals surface area contributed by atoms with E-state index in [-0.39, 0.29) is 11.5 Å². The van der Waals surface area contributed by atoms with Gasteiger partial charge in [0.1, 0.15) is 11.5 Å². The van der Waals surface area contributed by atoms with Crippen molar-refractivity contribution in [3.8, 4) is 67.1 Å². The number of phenols is 2. The summed E-state index contributed by atoms with van der Waals surface area (Å²) < 4.78 is 0. The van der Waals surface area contributed by atoms with Gasteiger partial charge >= 0.3 is 0 Å².